The minimum Gasteiger partial charge on any atom is -0.456 e. The molecule has 0 aromatic heterocycles. The summed E-state index contributed by atoms with van der Waals surface area (Å²) in [6.45, 7) is -0.314. The molecule has 21 heavy (non-hydrogen) atoms. The maximum atomic E-state index is 11.8. The van der Waals surface area contributed by atoms with Crippen LogP contribution in [0.15, 0.2) is 28.7 Å². The summed E-state index contributed by atoms with van der Waals surface area (Å²) >= 11 is 3.27. The number of benzene rings is 1. The second-order valence-electron chi connectivity index (χ2n) is 4.07. The number of amides is 1. The number of hydrogen-bond acceptors (Lipinski definition) is 4. The fourth-order valence-corrected chi connectivity index (χ4v) is 1.68. The first-order valence-corrected chi connectivity index (χ1v) is 6.96. The van der Waals surface area contributed by atoms with Crippen LogP contribution in [0.4, 0.5) is 0 Å². The molecule has 0 radical (unpaired) electrons. The van der Waals surface area contributed by atoms with Crippen LogP contribution in [0.5, 0.6) is 0 Å². The van der Waals surface area contributed by atoms with Crippen LogP contribution in [0.25, 0.3) is 0 Å². The van der Waals surface area contributed by atoms with Gasteiger partial charge >= 0.3 is 5.97 Å². The van der Waals surface area contributed by atoms with Crippen molar-refractivity contribution in [3.63, 3.8) is 0 Å². The Bertz CT molecular complexity index is 560. The highest BCUT2D eigenvalue weighted by Gasteiger charge is 2.11. The molecule has 1 N–H and O–H groups in total. The van der Waals surface area contributed by atoms with Gasteiger partial charge in [-0.2, -0.15) is 0 Å². The molecule has 0 aliphatic rings. The Labute approximate surface area is 131 Å². The van der Waals surface area contributed by atoms with Gasteiger partial charge in [-0.25, -0.2) is 0 Å². The molecule has 6 heteroatoms. The molecular weight excluding hydrogens is 338 g/mol. The number of carbonyl (C=O) groups is 3. The number of esters is 1. The summed E-state index contributed by atoms with van der Waals surface area (Å²) < 4.78 is 5.60. The molecule has 5 nitrogen and oxygen atoms in total. The second-order valence-corrected chi connectivity index (χ2v) is 4.99. The van der Waals surface area contributed by atoms with Gasteiger partial charge in [0.25, 0.3) is 5.91 Å². The van der Waals surface area contributed by atoms with E-state index in [2.05, 4.69) is 27.2 Å². The average Bonchev–Trinajstić information content (AvgIpc) is 2.49. The summed E-state index contributed by atoms with van der Waals surface area (Å²) in [5.41, 5.74) is 0.526. The number of Topliss-reactive ketones (excluding diaryl/α,β-unsaturated/α-hetero) is 1. The molecule has 110 valence electrons. The van der Waals surface area contributed by atoms with Gasteiger partial charge in [-0.3, -0.25) is 14.4 Å². The summed E-state index contributed by atoms with van der Waals surface area (Å²) in [6.07, 6.45) is 4.93. The minimum absolute atomic E-state index is 0.0342. The molecule has 1 aromatic carbocycles. The van der Waals surface area contributed by atoms with E-state index >= 15 is 0 Å². The highest BCUT2D eigenvalue weighted by Crippen LogP contribution is 2.12. The molecule has 1 amide bonds. The van der Waals surface area contributed by atoms with Crippen LogP contribution >= 0.6 is 15.9 Å². The number of carbonyl (C=O) groups excluding carboxylic acids is 3. The molecule has 1 aromatic rings. The van der Waals surface area contributed by atoms with Crippen molar-refractivity contribution in [2.45, 2.75) is 12.8 Å². The van der Waals surface area contributed by atoms with Gasteiger partial charge in [0.2, 0.25) is 0 Å². The van der Waals surface area contributed by atoms with Gasteiger partial charge in [-0.05, 0) is 12.1 Å². The highest BCUT2D eigenvalue weighted by atomic mass is 79.9. The van der Waals surface area contributed by atoms with Crippen LogP contribution in [0.2, 0.25) is 0 Å². The Hall–Kier alpha value is -2.13. The van der Waals surface area contributed by atoms with Gasteiger partial charge in [-0.15, -0.1) is 6.42 Å². The van der Waals surface area contributed by atoms with E-state index in [1.165, 1.54) is 0 Å². The zero-order valence-corrected chi connectivity index (χ0v) is 12.8. The Kier molecular flexibility index (Phi) is 7.19. The summed E-state index contributed by atoms with van der Waals surface area (Å²) in [5.74, 6) is 0.999. The summed E-state index contributed by atoms with van der Waals surface area (Å²) in [6, 6.07) is 6.85. The fourth-order valence-electron chi connectivity index (χ4n) is 1.41. The van der Waals surface area contributed by atoms with Gasteiger partial charge in [-0.1, -0.05) is 34.0 Å². The third-order valence-corrected chi connectivity index (χ3v) is 3.00. The molecule has 0 aliphatic heterocycles. The van der Waals surface area contributed by atoms with Crippen molar-refractivity contribution >= 4 is 33.6 Å². The first kappa shape index (κ1) is 16.9. The van der Waals surface area contributed by atoms with Gasteiger partial charge in [0, 0.05) is 16.5 Å². The lowest BCUT2D eigenvalue weighted by molar-refractivity contribution is -0.148. The topological polar surface area (TPSA) is 72.5 Å². The molecule has 1 rings (SSSR count). The quantitative estimate of drug-likeness (QED) is 0.461. The lowest BCUT2D eigenvalue weighted by Gasteiger charge is -2.04. The normalized spacial score (nSPS) is 9.52. The molecule has 0 fully saturated rings. The predicted octanol–water partition coefficient (Wildman–Crippen LogP) is 1.70. The number of ketones is 1. The average molecular weight is 352 g/mol. The maximum absolute atomic E-state index is 11.8. The van der Waals surface area contributed by atoms with E-state index in [0.29, 0.717) is 5.56 Å². The van der Waals surface area contributed by atoms with Crippen molar-refractivity contribution in [1.29, 1.82) is 0 Å². The third-order valence-electron chi connectivity index (χ3n) is 2.47. The number of halogens is 1. The summed E-state index contributed by atoms with van der Waals surface area (Å²) in [5, 5.41) is 2.36. The minimum atomic E-state index is -0.601. The van der Waals surface area contributed by atoms with E-state index in [1.807, 2.05) is 0 Å². The molecule has 0 unspecified atom stereocenters. The van der Waals surface area contributed by atoms with Gasteiger partial charge < -0.3 is 10.1 Å². The van der Waals surface area contributed by atoms with E-state index < -0.39 is 18.5 Å². The van der Waals surface area contributed by atoms with Crippen molar-refractivity contribution in [3.8, 4) is 12.3 Å². The van der Waals surface area contributed by atoms with Crippen LogP contribution in [0, 0.1) is 12.3 Å². The SMILES string of the molecule is C#CCNC(=O)COC(=O)CCC(=O)c1ccc(Br)cc1. The predicted molar refractivity (Wildman–Crippen MR) is 80.5 cm³/mol. The Morgan fingerprint density at radius 3 is 2.48 bits per heavy atom. The Balaban J connectivity index is 2.30. The summed E-state index contributed by atoms with van der Waals surface area (Å²) in [7, 11) is 0. The third kappa shape index (κ3) is 6.72. The fraction of sp³-hybridized carbons (Fsp3) is 0.267. The molecule has 0 atom stereocenters. The molecule has 0 saturated carbocycles. The number of ether oxygens (including phenoxy) is 1. The lowest BCUT2D eigenvalue weighted by Crippen LogP contribution is -2.29. The van der Waals surface area contributed by atoms with Gasteiger partial charge in [0.1, 0.15) is 0 Å². The second kappa shape index (κ2) is 8.93. The standard InChI is InChI=1S/C15H14BrNO4/c1-2-9-17-14(19)10-21-15(20)8-7-13(18)11-3-5-12(16)6-4-11/h1,3-6H,7-10H2,(H,17,19). The van der Waals surface area contributed by atoms with Crippen LogP contribution in [-0.4, -0.2) is 30.8 Å². The van der Waals surface area contributed by atoms with E-state index in [-0.39, 0.29) is 25.2 Å². The number of terminal acetylenes is 1. The van der Waals surface area contributed by atoms with Crippen LogP contribution < -0.4 is 5.32 Å². The van der Waals surface area contributed by atoms with Crippen LogP contribution in [0.1, 0.15) is 23.2 Å². The Morgan fingerprint density at radius 1 is 1.19 bits per heavy atom. The first-order chi connectivity index (χ1) is 10.0. The van der Waals surface area contributed by atoms with Crippen molar-refractivity contribution in [2.24, 2.45) is 0 Å². The maximum Gasteiger partial charge on any atom is 0.306 e. The van der Waals surface area contributed by atoms with Crippen molar-refractivity contribution in [3.05, 3.63) is 34.3 Å². The number of hydrogen-bond donors (Lipinski definition) is 1. The number of nitrogens with one attached hydrogen (secondary N) is 1. The largest absolute Gasteiger partial charge is 0.456 e. The van der Waals surface area contributed by atoms with E-state index in [1.54, 1.807) is 24.3 Å². The van der Waals surface area contributed by atoms with Crippen LogP contribution in [0.3, 0.4) is 0 Å². The van der Waals surface area contributed by atoms with E-state index in [0.717, 1.165) is 4.47 Å². The van der Waals surface area contributed by atoms with E-state index in [9.17, 15) is 14.4 Å². The highest BCUT2D eigenvalue weighted by molar-refractivity contribution is 9.10. The molecule has 0 saturated heterocycles. The van der Waals surface area contributed by atoms with Crippen molar-refractivity contribution in [2.75, 3.05) is 13.2 Å². The van der Waals surface area contributed by atoms with Gasteiger partial charge in [0.05, 0.1) is 13.0 Å². The van der Waals surface area contributed by atoms with Crippen molar-refractivity contribution < 1.29 is 19.1 Å². The van der Waals surface area contributed by atoms with Crippen molar-refractivity contribution in [1.82, 2.24) is 5.32 Å². The van der Waals surface area contributed by atoms with Gasteiger partial charge in [0.15, 0.2) is 12.4 Å². The monoisotopic (exact) mass is 351 g/mol. The molecule has 0 aliphatic carbocycles. The zero-order chi connectivity index (χ0) is 15.7. The van der Waals surface area contributed by atoms with Crippen LogP contribution in [-0.2, 0) is 14.3 Å². The molecule has 0 spiro atoms. The molecular formula is C15H14BrNO4. The summed E-state index contributed by atoms with van der Waals surface area (Å²) in [4.78, 5) is 34.4. The molecule has 0 heterocycles. The van der Waals surface area contributed by atoms with E-state index in [4.69, 9.17) is 11.2 Å². The zero-order valence-electron chi connectivity index (χ0n) is 11.2. The number of rotatable bonds is 7. The Morgan fingerprint density at radius 2 is 1.86 bits per heavy atom. The molecule has 0 bridgehead atoms. The first-order valence-electron chi connectivity index (χ1n) is 6.17. The smallest absolute Gasteiger partial charge is 0.306 e. The lowest BCUT2D eigenvalue weighted by atomic mass is 10.1.